The first-order valence-corrected chi connectivity index (χ1v) is 11.8. The number of carbonyl (C=O) groups is 1. The Morgan fingerprint density at radius 1 is 0.919 bits per heavy atom. The fourth-order valence-corrected chi connectivity index (χ4v) is 4.51. The van der Waals surface area contributed by atoms with Gasteiger partial charge in [0.25, 0.3) is 5.91 Å². The van der Waals surface area contributed by atoms with Crippen molar-refractivity contribution in [1.82, 2.24) is 14.3 Å². The lowest BCUT2D eigenvalue weighted by molar-refractivity contribution is -0.137. The average molecular weight is 503 g/mol. The van der Waals surface area contributed by atoms with Crippen LogP contribution in [0.3, 0.4) is 0 Å². The van der Waals surface area contributed by atoms with Crippen molar-refractivity contribution in [3.8, 4) is 0 Å². The van der Waals surface area contributed by atoms with Crippen molar-refractivity contribution < 1.29 is 18.0 Å². The Morgan fingerprint density at radius 2 is 1.68 bits per heavy atom. The van der Waals surface area contributed by atoms with Gasteiger partial charge < -0.3 is 9.88 Å². The van der Waals surface area contributed by atoms with Gasteiger partial charge in [-0.15, -0.1) is 0 Å². The van der Waals surface area contributed by atoms with Crippen molar-refractivity contribution in [2.75, 3.05) is 5.32 Å². The molecule has 0 atom stereocenters. The molecule has 0 fully saturated rings. The molecule has 5 nitrogen and oxygen atoms in total. The first kappa shape index (κ1) is 24.4. The van der Waals surface area contributed by atoms with Crippen molar-refractivity contribution in [1.29, 1.82) is 0 Å². The summed E-state index contributed by atoms with van der Waals surface area (Å²) in [4.78, 5) is 13.0. The number of amides is 1. The zero-order valence-electron chi connectivity index (χ0n) is 20.4. The fourth-order valence-electron chi connectivity index (χ4n) is 4.51. The van der Waals surface area contributed by atoms with Crippen LogP contribution in [0.5, 0.6) is 0 Å². The van der Waals surface area contributed by atoms with E-state index in [0.717, 1.165) is 40.8 Å². The van der Waals surface area contributed by atoms with Crippen LogP contribution in [-0.2, 0) is 19.3 Å². The molecule has 3 aromatic carbocycles. The molecule has 8 heteroatoms. The van der Waals surface area contributed by atoms with Gasteiger partial charge in [0.1, 0.15) is 0 Å². The van der Waals surface area contributed by atoms with Crippen LogP contribution in [0.2, 0.25) is 0 Å². The van der Waals surface area contributed by atoms with Crippen LogP contribution in [0.1, 0.15) is 38.3 Å². The summed E-state index contributed by atoms with van der Waals surface area (Å²) in [5, 5.41) is 8.04. The number of aryl methyl sites for hydroxylation is 1. The highest BCUT2D eigenvalue weighted by atomic mass is 19.4. The maximum Gasteiger partial charge on any atom is 0.416 e. The van der Waals surface area contributed by atoms with Gasteiger partial charge in [-0.2, -0.15) is 18.3 Å². The van der Waals surface area contributed by atoms with Crippen LogP contribution < -0.4 is 5.32 Å². The molecule has 0 spiro atoms. The molecule has 2 heterocycles. The summed E-state index contributed by atoms with van der Waals surface area (Å²) in [6, 6.07) is 21.0. The molecule has 37 heavy (non-hydrogen) atoms. The first-order valence-electron chi connectivity index (χ1n) is 11.8. The molecule has 1 amide bonds. The zero-order valence-corrected chi connectivity index (χ0v) is 20.4. The van der Waals surface area contributed by atoms with Crippen LogP contribution in [-0.4, -0.2) is 20.3 Å². The molecular formula is C29H25F3N4O. The third-order valence-corrected chi connectivity index (χ3v) is 6.57. The lowest BCUT2D eigenvalue weighted by Crippen LogP contribution is -2.11. The maximum atomic E-state index is 13.0. The van der Waals surface area contributed by atoms with Gasteiger partial charge in [-0.3, -0.25) is 9.48 Å². The number of hydrogen-bond acceptors (Lipinski definition) is 2. The summed E-state index contributed by atoms with van der Waals surface area (Å²) in [5.41, 5.74) is 5.26. The van der Waals surface area contributed by atoms with E-state index in [-0.39, 0.29) is 12.5 Å². The lowest BCUT2D eigenvalue weighted by atomic mass is 10.1. The molecule has 0 aliphatic rings. The fraction of sp³-hybridized carbons (Fsp3) is 0.172. The highest BCUT2D eigenvalue weighted by molar-refractivity contribution is 6.06. The molecule has 188 valence electrons. The van der Waals surface area contributed by atoms with Crippen LogP contribution in [0.25, 0.3) is 10.9 Å². The predicted molar refractivity (Wildman–Crippen MR) is 138 cm³/mol. The number of aromatic nitrogens is 3. The van der Waals surface area contributed by atoms with Gasteiger partial charge in [0.15, 0.2) is 0 Å². The summed E-state index contributed by atoms with van der Waals surface area (Å²) in [6.07, 6.45) is -1.32. The van der Waals surface area contributed by atoms with Crippen LogP contribution in [0, 0.1) is 13.8 Å². The monoisotopic (exact) mass is 502 g/mol. The minimum absolute atomic E-state index is 0.152. The molecule has 5 rings (SSSR count). The number of rotatable bonds is 6. The molecule has 2 aromatic heterocycles. The Morgan fingerprint density at radius 3 is 2.43 bits per heavy atom. The molecule has 0 radical (unpaired) electrons. The van der Waals surface area contributed by atoms with E-state index in [1.54, 1.807) is 18.3 Å². The maximum absolute atomic E-state index is 13.0. The number of alkyl halides is 3. The minimum Gasteiger partial charge on any atom is -0.340 e. The third kappa shape index (κ3) is 5.14. The second kappa shape index (κ2) is 9.61. The van der Waals surface area contributed by atoms with Crippen molar-refractivity contribution in [3.63, 3.8) is 0 Å². The molecular weight excluding hydrogens is 477 g/mol. The van der Waals surface area contributed by atoms with Gasteiger partial charge in [-0.1, -0.05) is 42.5 Å². The second-order valence-corrected chi connectivity index (χ2v) is 9.09. The van der Waals surface area contributed by atoms with Crippen LogP contribution >= 0.6 is 0 Å². The molecule has 5 aromatic rings. The van der Waals surface area contributed by atoms with Gasteiger partial charge in [-0.25, -0.2) is 0 Å². The average Bonchev–Trinajstić information content (AvgIpc) is 3.41. The van der Waals surface area contributed by atoms with Gasteiger partial charge in [0.2, 0.25) is 0 Å². The van der Waals surface area contributed by atoms with Crippen LogP contribution in [0.15, 0.2) is 85.2 Å². The number of fused-ring (bicyclic) bond motifs is 1. The zero-order chi connectivity index (χ0) is 26.2. The van der Waals surface area contributed by atoms with E-state index in [9.17, 15) is 18.0 Å². The standard InChI is InChI=1S/C29H25F3N4O/c1-19-20(2)36(17-21-7-4-3-5-8-21)27-12-11-23(14-26(19)27)28(37)34-25-15-33-35(18-25)16-22-9-6-10-24(13-22)29(30,31)32/h3-15,18H,16-17H2,1-2H3,(H,34,37). The quantitative estimate of drug-likeness (QED) is 0.277. The topological polar surface area (TPSA) is 51.9 Å². The van der Waals surface area contributed by atoms with Crippen LogP contribution in [0.4, 0.5) is 18.9 Å². The molecule has 0 aliphatic heterocycles. The Labute approximate surface area is 212 Å². The van der Waals surface area contributed by atoms with Gasteiger partial charge in [-0.05, 0) is 60.9 Å². The van der Waals surface area contributed by atoms with Crippen molar-refractivity contribution in [3.05, 3.63) is 119 Å². The number of anilines is 1. The van der Waals surface area contributed by atoms with E-state index in [4.69, 9.17) is 0 Å². The molecule has 0 saturated heterocycles. The molecule has 0 saturated carbocycles. The Hall–Kier alpha value is -4.33. The number of carbonyl (C=O) groups excluding carboxylic acids is 1. The minimum atomic E-state index is -4.40. The number of benzene rings is 3. The number of nitrogens with one attached hydrogen (secondary N) is 1. The summed E-state index contributed by atoms with van der Waals surface area (Å²) < 4.78 is 42.7. The van der Waals surface area contributed by atoms with Crippen molar-refractivity contribution in [2.45, 2.75) is 33.1 Å². The highest BCUT2D eigenvalue weighted by Crippen LogP contribution is 2.30. The number of hydrogen-bond donors (Lipinski definition) is 1. The largest absolute Gasteiger partial charge is 0.416 e. The molecule has 1 N–H and O–H groups in total. The molecule has 0 aliphatic carbocycles. The van der Waals surface area contributed by atoms with E-state index >= 15 is 0 Å². The Balaban J connectivity index is 1.32. The third-order valence-electron chi connectivity index (χ3n) is 6.57. The van der Waals surface area contributed by atoms with Gasteiger partial charge in [0.05, 0.1) is 24.0 Å². The normalized spacial score (nSPS) is 11.7. The molecule has 0 bridgehead atoms. The number of halogens is 3. The highest BCUT2D eigenvalue weighted by Gasteiger charge is 2.30. The lowest BCUT2D eigenvalue weighted by Gasteiger charge is -2.09. The Kier molecular flexibility index (Phi) is 6.33. The summed E-state index contributed by atoms with van der Waals surface area (Å²) in [5.74, 6) is -0.284. The molecule has 0 unspecified atom stereocenters. The second-order valence-electron chi connectivity index (χ2n) is 9.09. The van der Waals surface area contributed by atoms with Gasteiger partial charge >= 0.3 is 6.18 Å². The van der Waals surface area contributed by atoms with Crippen molar-refractivity contribution >= 4 is 22.5 Å². The van der Waals surface area contributed by atoms with E-state index in [0.29, 0.717) is 16.8 Å². The first-order chi connectivity index (χ1) is 17.7. The SMILES string of the molecule is Cc1c(C)n(Cc2ccccc2)c2ccc(C(=O)Nc3cnn(Cc4cccc(C(F)(F)F)c4)c3)cc12. The predicted octanol–water partition coefficient (Wildman–Crippen LogP) is 6.82. The smallest absolute Gasteiger partial charge is 0.340 e. The van der Waals surface area contributed by atoms with Crippen molar-refractivity contribution in [2.24, 2.45) is 0 Å². The van der Waals surface area contributed by atoms with E-state index in [1.807, 2.05) is 30.3 Å². The van der Waals surface area contributed by atoms with E-state index in [2.05, 4.69) is 41.0 Å². The van der Waals surface area contributed by atoms with Gasteiger partial charge in [0, 0.05) is 34.9 Å². The summed E-state index contributed by atoms with van der Waals surface area (Å²) in [6.45, 7) is 5.03. The Bertz CT molecular complexity index is 1580. The summed E-state index contributed by atoms with van der Waals surface area (Å²) in [7, 11) is 0. The number of nitrogens with zero attached hydrogens (tertiary/aromatic N) is 3. The van der Waals surface area contributed by atoms with E-state index in [1.165, 1.54) is 22.5 Å². The summed E-state index contributed by atoms with van der Waals surface area (Å²) >= 11 is 0. The van der Waals surface area contributed by atoms with E-state index < -0.39 is 11.7 Å².